The average molecular weight is 355 g/mol. The van der Waals surface area contributed by atoms with Crippen molar-refractivity contribution in [1.82, 2.24) is 4.31 Å². The van der Waals surface area contributed by atoms with Gasteiger partial charge >= 0.3 is 0 Å². The lowest BCUT2D eigenvalue weighted by atomic mass is 10.1. The molecule has 0 radical (unpaired) electrons. The van der Waals surface area contributed by atoms with Crippen LogP contribution < -0.4 is 5.32 Å². The van der Waals surface area contributed by atoms with Gasteiger partial charge in [0.05, 0.1) is 4.90 Å². The fourth-order valence-corrected chi connectivity index (χ4v) is 3.69. The Bertz CT molecular complexity index is 610. The van der Waals surface area contributed by atoms with Crippen molar-refractivity contribution in [2.24, 2.45) is 11.8 Å². The summed E-state index contributed by atoms with van der Waals surface area (Å²) >= 11 is 0. The fourth-order valence-electron chi connectivity index (χ4n) is 2.22. The van der Waals surface area contributed by atoms with Crippen LogP contribution in [0.2, 0.25) is 0 Å². The Morgan fingerprint density at radius 1 is 1.00 bits per heavy atom. The molecule has 0 unspecified atom stereocenters. The molecule has 0 fully saturated rings. The molecule has 1 aromatic rings. The van der Waals surface area contributed by atoms with Crippen LogP contribution in [-0.2, 0) is 14.8 Å². The van der Waals surface area contributed by atoms with Gasteiger partial charge in [-0.25, -0.2) is 8.42 Å². The highest BCUT2D eigenvalue weighted by Gasteiger charge is 2.24. The van der Waals surface area contributed by atoms with Crippen LogP contribution >= 0.6 is 0 Å². The fraction of sp³-hybridized carbons (Fsp3) is 0.611. The van der Waals surface area contributed by atoms with Crippen molar-refractivity contribution in [3.63, 3.8) is 0 Å². The van der Waals surface area contributed by atoms with Crippen molar-refractivity contribution in [3.8, 4) is 0 Å². The lowest BCUT2D eigenvalue weighted by Gasteiger charge is -2.24. The van der Waals surface area contributed by atoms with Crippen molar-refractivity contribution in [3.05, 3.63) is 24.3 Å². The van der Waals surface area contributed by atoms with E-state index < -0.39 is 10.0 Å². The maximum atomic E-state index is 12.9. The van der Waals surface area contributed by atoms with Gasteiger partial charge in [-0.1, -0.05) is 27.7 Å². The monoisotopic (exact) mass is 354 g/mol. The predicted molar refractivity (Wildman–Crippen MR) is 98.4 cm³/mol. The highest BCUT2D eigenvalue weighted by molar-refractivity contribution is 7.89. The quantitative estimate of drug-likeness (QED) is 0.735. The number of rotatable bonds is 9. The molecule has 1 rings (SSSR count). The third-order valence-corrected chi connectivity index (χ3v) is 5.64. The van der Waals surface area contributed by atoms with E-state index in [1.54, 1.807) is 28.6 Å². The number of sulfonamides is 1. The molecule has 1 N–H and O–H groups in total. The molecule has 0 aromatic heterocycles. The molecule has 0 spiro atoms. The standard InChI is InChI=1S/C18H30N2O3S/c1-14(2)10-12-20(13-11-15(3)4)24(22,23)18-8-6-17(7-9-18)19-16(5)21/h6-9,14-15H,10-13H2,1-5H3,(H,19,21). The number of hydrogen-bond donors (Lipinski definition) is 1. The molecule has 1 amide bonds. The van der Waals surface area contributed by atoms with Crippen LogP contribution in [0.25, 0.3) is 0 Å². The van der Waals surface area contributed by atoms with E-state index in [2.05, 4.69) is 33.0 Å². The van der Waals surface area contributed by atoms with Gasteiger partial charge in [-0.15, -0.1) is 0 Å². The first-order valence-electron chi connectivity index (χ1n) is 8.50. The Balaban J connectivity index is 2.97. The number of nitrogens with zero attached hydrogens (tertiary/aromatic N) is 1. The smallest absolute Gasteiger partial charge is 0.243 e. The maximum Gasteiger partial charge on any atom is 0.243 e. The second-order valence-electron chi connectivity index (χ2n) is 6.97. The van der Waals surface area contributed by atoms with Gasteiger partial charge in [-0.05, 0) is 48.9 Å². The third kappa shape index (κ3) is 6.61. The van der Waals surface area contributed by atoms with E-state index in [9.17, 15) is 13.2 Å². The third-order valence-electron chi connectivity index (χ3n) is 3.72. The summed E-state index contributed by atoms with van der Waals surface area (Å²) in [6.07, 6.45) is 1.67. The molecule has 1 aromatic carbocycles. The van der Waals surface area contributed by atoms with E-state index in [0.29, 0.717) is 30.6 Å². The van der Waals surface area contributed by atoms with E-state index in [4.69, 9.17) is 0 Å². The summed E-state index contributed by atoms with van der Waals surface area (Å²) < 4.78 is 27.4. The molecular weight excluding hydrogens is 324 g/mol. The van der Waals surface area contributed by atoms with Gasteiger partial charge in [0.25, 0.3) is 0 Å². The lowest BCUT2D eigenvalue weighted by molar-refractivity contribution is -0.114. The van der Waals surface area contributed by atoms with Crippen LogP contribution in [-0.4, -0.2) is 31.7 Å². The second kappa shape index (κ2) is 9.18. The van der Waals surface area contributed by atoms with Crippen LogP contribution in [0.3, 0.4) is 0 Å². The molecular formula is C18H30N2O3S. The van der Waals surface area contributed by atoms with Crippen LogP contribution in [0.15, 0.2) is 29.2 Å². The predicted octanol–water partition coefficient (Wildman–Crippen LogP) is 3.73. The number of hydrogen-bond acceptors (Lipinski definition) is 3. The normalized spacial score (nSPS) is 12.2. The highest BCUT2D eigenvalue weighted by atomic mass is 32.2. The van der Waals surface area contributed by atoms with Crippen molar-refractivity contribution in [1.29, 1.82) is 0 Å². The summed E-state index contributed by atoms with van der Waals surface area (Å²) in [5.41, 5.74) is 0.595. The Morgan fingerprint density at radius 2 is 1.46 bits per heavy atom. The molecule has 0 aliphatic heterocycles. The summed E-state index contributed by atoms with van der Waals surface area (Å²) in [5, 5.41) is 2.65. The van der Waals surface area contributed by atoms with E-state index in [-0.39, 0.29) is 10.8 Å². The first kappa shape index (κ1) is 20.6. The molecule has 0 atom stereocenters. The van der Waals surface area contributed by atoms with Gasteiger partial charge in [-0.3, -0.25) is 4.79 Å². The summed E-state index contributed by atoms with van der Waals surface area (Å²) in [5.74, 6) is 0.717. The van der Waals surface area contributed by atoms with Gasteiger partial charge in [-0.2, -0.15) is 4.31 Å². The summed E-state index contributed by atoms with van der Waals surface area (Å²) in [7, 11) is -3.52. The molecule has 24 heavy (non-hydrogen) atoms. The molecule has 0 aliphatic rings. The molecule has 0 saturated heterocycles. The zero-order chi connectivity index (χ0) is 18.3. The summed E-state index contributed by atoms with van der Waals surface area (Å²) in [6, 6.07) is 6.35. The number of amides is 1. The zero-order valence-electron chi connectivity index (χ0n) is 15.4. The molecule has 0 heterocycles. The van der Waals surface area contributed by atoms with Crippen molar-refractivity contribution in [2.75, 3.05) is 18.4 Å². The Hall–Kier alpha value is -1.40. The Morgan fingerprint density at radius 3 is 1.83 bits per heavy atom. The number of carbonyl (C=O) groups is 1. The van der Waals surface area contributed by atoms with Crippen molar-refractivity contribution in [2.45, 2.75) is 52.4 Å². The molecule has 6 heteroatoms. The van der Waals surface area contributed by atoms with E-state index >= 15 is 0 Å². The second-order valence-corrected chi connectivity index (χ2v) is 8.91. The maximum absolute atomic E-state index is 12.9. The van der Waals surface area contributed by atoms with Crippen LogP contribution in [0.5, 0.6) is 0 Å². The van der Waals surface area contributed by atoms with E-state index in [1.165, 1.54) is 6.92 Å². The van der Waals surface area contributed by atoms with Crippen molar-refractivity contribution < 1.29 is 13.2 Å². The number of nitrogens with one attached hydrogen (secondary N) is 1. The van der Waals surface area contributed by atoms with E-state index in [0.717, 1.165) is 12.8 Å². The highest BCUT2D eigenvalue weighted by Crippen LogP contribution is 2.20. The van der Waals surface area contributed by atoms with Crippen LogP contribution in [0.4, 0.5) is 5.69 Å². The minimum Gasteiger partial charge on any atom is -0.326 e. The number of anilines is 1. The van der Waals surface area contributed by atoms with Gasteiger partial charge in [0, 0.05) is 25.7 Å². The molecule has 0 aliphatic carbocycles. The SMILES string of the molecule is CC(=O)Nc1ccc(S(=O)(=O)N(CCC(C)C)CCC(C)C)cc1. The first-order valence-corrected chi connectivity index (χ1v) is 9.94. The minimum absolute atomic E-state index is 0.180. The zero-order valence-corrected chi connectivity index (χ0v) is 16.2. The molecule has 136 valence electrons. The molecule has 0 bridgehead atoms. The minimum atomic E-state index is -3.52. The van der Waals surface area contributed by atoms with Crippen LogP contribution in [0.1, 0.15) is 47.5 Å². The van der Waals surface area contributed by atoms with Gasteiger partial charge in [0.15, 0.2) is 0 Å². The summed E-state index contributed by atoms with van der Waals surface area (Å²) in [4.78, 5) is 11.3. The van der Waals surface area contributed by atoms with Gasteiger partial charge in [0.2, 0.25) is 15.9 Å². The van der Waals surface area contributed by atoms with Crippen LogP contribution in [0, 0.1) is 11.8 Å². The molecule has 5 nitrogen and oxygen atoms in total. The largest absolute Gasteiger partial charge is 0.326 e. The number of carbonyl (C=O) groups excluding carboxylic acids is 1. The Kier molecular flexibility index (Phi) is 7.90. The van der Waals surface area contributed by atoms with Gasteiger partial charge in [0.1, 0.15) is 0 Å². The average Bonchev–Trinajstić information content (AvgIpc) is 2.46. The summed E-state index contributed by atoms with van der Waals surface area (Å²) in [6.45, 7) is 10.8. The lowest BCUT2D eigenvalue weighted by Crippen LogP contribution is -2.34. The van der Waals surface area contributed by atoms with E-state index in [1.807, 2.05) is 0 Å². The Labute approximate surface area is 146 Å². The molecule has 0 saturated carbocycles. The van der Waals surface area contributed by atoms with Gasteiger partial charge < -0.3 is 5.32 Å². The van der Waals surface area contributed by atoms with Crippen molar-refractivity contribution >= 4 is 21.6 Å². The number of benzene rings is 1. The first-order chi connectivity index (χ1) is 11.1. The topological polar surface area (TPSA) is 66.5 Å².